The molecule has 1 aliphatic rings. The highest BCUT2D eigenvalue weighted by Gasteiger charge is 2.34. The summed E-state index contributed by atoms with van der Waals surface area (Å²) in [6.45, 7) is 2.64. The van der Waals surface area contributed by atoms with Crippen LogP contribution in [0.1, 0.15) is 31.2 Å². The van der Waals surface area contributed by atoms with Crippen LogP contribution < -0.4 is 0 Å². The summed E-state index contributed by atoms with van der Waals surface area (Å²) in [5, 5.41) is 0.958. The third-order valence-corrected chi connectivity index (χ3v) is 7.17. The van der Waals surface area contributed by atoms with Gasteiger partial charge in [-0.15, -0.1) is 11.3 Å². The average molecular weight is 367 g/mol. The molecule has 24 heavy (non-hydrogen) atoms. The van der Waals surface area contributed by atoms with Crippen LogP contribution in [0.3, 0.4) is 0 Å². The Morgan fingerprint density at radius 1 is 1.38 bits per heavy atom. The number of amides is 1. The normalized spacial score (nSPS) is 19.6. The van der Waals surface area contributed by atoms with E-state index < -0.39 is 9.84 Å². The van der Waals surface area contributed by atoms with Crippen molar-refractivity contribution in [2.75, 3.05) is 18.1 Å². The first kappa shape index (κ1) is 17.4. The van der Waals surface area contributed by atoms with E-state index >= 15 is 0 Å². The number of hydrogen-bond donors (Lipinski definition) is 0. The number of nitrogens with zero attached hydrogens (tertiary/aromatic N) is 2. The number of sulfone groups is 1. The summed E-state index contributed by atoms with van der Waals surface area (Å²) < 4.78 is 24.5. The molecule has 0 saturated carbocycles. The molecule has 2 aromatic rings. The zero-order valence-corrected chi connectivity index (χ0v) is 15.4. The predicted octanol–water partition coefficient (Wildman–Crippen LogP) is 2.65. The molecule has 1 amide bonds. The number of rotatable bonds is 6. The number of thiazole rings is 1. The summed E-state index contributed by atoms with van der Waals surface area (Å²) >= 11 is 1.62. The van der Waals surface area contributed by atoms with Gasteiger partial charge in [0.1, 0.15) is 0 Å². The van der Waals surface area contributed by atoms with E-state index in [1.807, 2.05) is 31.2 Å². The third kappa shape index (κ3) is 3.95. The van der Waals surface area contributed by atoms with E-state index in [1.165, 1.54) is 0 Å². The molecule has 7 heteroatoms. The number of aromatic nitrogens is 1. The van der Waals surface area contributed by atoms with E-state index in [2.05, 4.69) is 4.98 Å². The van der Waals surface area contributed by atoms with Crippen molar-refractivity contribution >= 4 is 37.3 Å². The minimum Gasteiger partial charge on any atom is -0.339 e. The maximum absolute atomic E-state index is 12.6. The lowest BCUT2D eigenvalue weighted by atomic mass is 10.1. The number of aryl methyl sites for hydroxylation is 1. The molecule has 1 saturated heterocycles. The Bertz CT molecular complexity index is 796. The van der Waals surface area contributed by atoms with E-state index in [0.717, 1.165) is 21.6 Å². The van der Waals surface area contributed by atoms with E-state index in [-0.39, 0.29) is 23.5 Å². The van der Waals surface area contributed by atoms with Gasteiger partial charge in [0.15, 0.2) is 9.84 Å². The lowest BCUT2D eigenvalue weighted by molar-refractivity contribution is -0.133. The van der Waals surface area contributed by atoms with Crippen LogP contribution in [-0.2, 0) is 21.1 Å². The predicted molar refractivity (Wildman–Crippen MR) is 97.0 cm³/mol. The zero-order valence-electron chi connectivity index (χ0n) is 13.8. The van der Waals surface area contributed by atoms with E-state index in [9.17, 15) is 13.2 Å². The minimum atomic E-state index is -2.98. The molecule has 1 fully saturated rings. The molecule has 1 aliphatic heterocycles. The maximum atomic E-state index is 12.6. The molecule has 130 valence electrons. The summed E-state index contributed by atoms with van der Waals surface area (Å²) in [7, 11) is -2.98. The molecule has 0 spiro atoms. The first-order valence-corrected chi connectivity index (χ1v) is 11.0. The molecule has 0 radical (unpaired) electrons. The molecule has 3 rings (SSSR count). The van der Waals surface area contributed by atoms with Crippen molar-refractivity contribution in [3.05, 3.63) is 29.3 Å². The fourth-order valence-electron chi connectivity index (χ4n) is 3.16. The Morgan fingerprint density at radius 3 is 2.83 bits per heavy atom. The summed E-state index contributed by atoms with van der Waals surface area (Å²) in [4.78, 5) is 19.0. The van der Waals surface area contributed by atoms with Gasteiger partial charge in [0.2, 0.25) is 5.91 Å². The fourth-order valence-corrected chi connectivity index (χ4v) is 5.85. The molecule has 1 aromatic heterocycles. The molecule has 1 unspecified atom stereocenters. The highest BCUT2D eigenvalue weighted by molar-refractivity contribution is 7.91. The summed E-state index contributed by atoms with van der Waals surface area (Å²) in [6.07, 6.45) is 2.40. The Balaban J connectivity index is 1.65. The number of hydrogen-bond acceptors (Lipinski definition) is 5. The van der Waals surface area contributed by atoms with Gasteiger partial charge in [-0.25, -0.2) is 13.4 Å². The lowest BCUT2D eigenvalue weighted by Crippen LogP contribution is -2.41. The van der Waals surface area contributed by atoms with E-state index in [0.29, 0.717) is 25.8 Å². The van der Waals surface area contributed by atoms with Gasteiger partial charge in [-0.05, 0) is 25.0 Å². The summed E-state index contributed by atoms with van der Waals surface area (Å²) in [5.74, 6) is 0.348. The van der Waals surface area contributed by atoms with Gasteiger partial charge in [-0.3, -0.25) is 4.79 Å². The molecule has 0 bridgehead atoms. The number of fused-ring (bicyclic) bond motifs is 1. The molecule has 1 aromatic carbocycles. The second kappa shape index (κ2) is 7.19. The molecule has 5 nitrogen and oxygen atoms in total. The van der Waals surface area contributed by atoms with Crippen molar-refractivity contribution in [2.24, 2.45) is 0 Å². The molecule has 0 aliphatic carbocycles. The largest absolute Gasteiger partial charge is 0.339 e. The minimum absolute atomic E-state index is 0.0400. The maximum Gasteiger partial charge on any atom is 0.223 e. The Hall–Kier alpha value is -1.47. The molecule has 1 atom stereocenters. The first-order chi connectivity index (χ1) is 11.5. The van der Waals surface area contributed by atoms with Crippen LogP contribution in [0, 0.1) is 0 Å². The van der Waals surface area contributed by atoms with Crippen LogP contribution >= 0.6 is 11.3 Å². The van der Waals surface area contributed by atoms with E-state index in [4.69, 9.17) is 0 Å². The van der Waals surface area contributed by atoms with Gasteiger partial charge in [-0.2, -0.15) is 0 Å². The first-order valence-electron chi connectivity index (χ1n) is 8.33. The summed E-state index contributed by atoms with van der Waals surface area (Å²) in [6, 6.07) is 7.80. The molecule has 0 N–H and O–H groups in total. The van der Waals surface area contributed by atoms with Crippen molar-refractivity contribution in [2.45, 2.75) is 38.6 Å². The Kier molecular flexibility index (Phi) is 5.20. The zero-order chi connectivity index (χ0) is 17.2. The summed E-state index contributed by atoms with van der Waals surface area (Å²) in [5.41, 5.74) is 0.970. The van der Waals surface area contributed by atoms with Gasteiger partial charge in [-0.1, -0.05) is 19.1 Å². The fraction of sp³-hybridized carbons (Fsp3) is 0.529. The molecular formula is C17H22N2O3S2. The smallest absolute Gasteiger partial charge is 0.223 e. The number of benzene rings is 1. The molecular weight excluding hydrogens is 344 g/mol. The topological polar surface area (TPSA) is 67.3 Å². The molecule has 2 heterocycles. The van der Waals surface area contributed by atoms with Gasteiger partial charge in [0.25, 0.3) is 0 Å². The van der Waals surface area contributed by atoms with Crippen LogP contribution in [0.2, 0.25) is 0 Å². The Labute approximate surface area is 146 Å². The number of carbonyl (C=O) groups excluding carboxylic acids is 1. The highest BCUT2D eigenvalue weighted by Crippen LogP contribution is 2.24. The van der Waals surface area contributed by atoms with Crippen LogP contribution in [0.25, 0.3) is 10.2 Å². The van der Waals surface area contributed by atoms with Crippen LogP contribution in [0.5, 0.6) is 0 Å². The van der Waals surface area contributed by atoms with Crippen LogP contribution in [0.4, 0.5) is 0 Å². The van der Waals surface area contributed by atoms with Crippen molar-refractivity contribution < 1.29 is 13.2 Å². The van der Waals surface area contributed by atoms with Crippen molar-refractivity contribution in [1.29, 1.82) is 0 Å². The monoisotopic (exact) mass is 366 g/mol. The van der Waals surface area contributed by atoms with Crippen LogP contribution in [0.15, 0.2) is 24.3 Å². The average Bonchev–Trinajstić information content (AvgIpc) is 3.12. The van der Waals surface area contributed by atoms with Gasteiger partial charge in [0.05, 0.1) is 26.7 Å². The lowest BCUT2D eigenvalue weighted by Gasteiger charge is -2.28. The van der Waals surface area contributed by atoms with Gasteiger partial charge >= 0.3 is 0 Å². The number of carbonyl (C=O) groups is 1. The van der Waals surface area contributed by atoms with Crippen LogP contribution in [-0.4, -0.2) is 48.3 Å². The SMILES string of the molecule is CCCN(C(=O)CCc1nc2ccccc2s1)C1CCS(=O)(=O)C1. The third-order valence-electron chi connectivity index (χ3n) is 4.32. The van der Waals surface area contributed by atoms with Gasteiger partial charge < -0.3 is 4.90 Å². The van der Waals surface area contributed by atoms with Gasteiger partial charge in [0, 0.05) is 25.4 Å². The second-order valence-electron chi connectivity index (χ2n) is 6.22. The Morgan fingerprint density at radius 2 is 2.17 bits per heavy atom. The van der Waals surface area contributed by atoms with Crippen molar-refractivity contribution in [3.63, 3.8) is 0 Å². The highest BCUT2D eigenvalue weighted by atomic mass is 32.2. The standard InChI is InChI=1S/C17H22N2O3S2/c1-2-10-19(13-9-11-24(21,22)12-13)17(20)8-7-16-18-14-5-3-4-6-15(14)23-16/h3-6,13H,2,7-12H2,1H3. The van der Waals surface area contributed by atoms with E-state index in [1.54, 1.807) is 16.2 Å². The van der Waals surface area contributed by atoms with Crippen molar-refractivity contribution in [3.8, 4) is 0 Å². The van der Waals surface area contributed by atoms with Crippen molar-refractivity contribution in [1.82, 2.24) is 9.88 Å². The second-order valence-corrected chi connectivity index (χ2v) is 9.56. The quantitative estimate of drug-likeness (QED) is 0.788. The number of para-hydroxylation sites is 1.